The maximum absolute atomic E-state index is 13.9. The molecule has 4 rings (SSSR count). The van der Waals surface area contributed by atoms with Crippen molar-refractivity contribution in [3.63, 3.8) is 0 Å². The molecule has 0 aromatic heterocycles. The molecule has 0 spiro atoms. The minimum absolute atomic E-state index is 0.0881. The topological polar surface area (TPSA) is 49.7 Å². The number of amidine groups is 1. The number of nitrogens with zero attached hydrogens (tertiary/aromatic N) is 2. The molecule has 0 radical (unpaired) electrons. The van der Waals surface area contributed by atoms with Crippen molar-refractivity contribution in [2.24, 2.45) is 4.99 Å². The van der Waals surface area contributed by atoms with Crippen molar-refractivity contribution in [1.29, 1.82) is 0 Å². The number of hydrogen-bond donors (Lipinski definition) is 0. The van der Waals surface area contributed by atoms with Gasteiger partial charge in [0, 0.05) is 11.4 Å². The van der Waals surface area contributed by atoms with E-state index in [1.165, 1.54) is 17.8 Å². The first-order chi connectivity index (χ1) is 12.0. The summed E-state index contributed by atoms with van der Waals surface area (Å²) in [5.41, 5.74) is 1.54. The van der Waals surface area contributed by atoms with Crippen LogP contribution in [0.2, 0.25) is 0 Å². The molecule has 0 amide bonds. The van der Waals surface area contributed by atoms with Gasteiger partial charge in [-0.2, -0.15) is 0 Å². The van der Waals surface area contributed by atoms with Crippen LogP contribution < -0.4 is 4.90 Å². The van der Waals surface area contributed by atoms with E-state index < -0.39 is 9.84 Å². The minimum atomic E-state index is -3.06. The van der Waals surface area contributed by atoms with E-state index in [-0.39, 0.29) is 29.4 Å². The Morgan fingerprint density at radius 1 is 1.08 bits per heavy atom. The van der Waals surface area contributed by atoms with Crippen molar-refractivity contribution >= 4 is 32.5 Å². The van der Waals surface area contributed by atoms with Crippen LogP contribution in [0.25, 0.3) is 0 Å². The number of para-hydroxylation sites is 1. The van der Waals surface area contributed by atoms with E-state index in [2.05, 4.69) is 4.99 Å². The van der Waals surface area contributed by atoms with Crippen molar-refractivity contribution in [2.45, 2.75) is 17.8 Å². The predicted molar refractivity (Wildman–Crippen MR) is 100 cm³/mol. The van der Waals surface area contributed by atoms with Gasteiger partial charge in [0.05, 0.1) is 23.6 Å². The van der Waals surface area contributed by atoms with E-state index in [1.807, 2.05) is 41.3 Å². The summed E-state index contributed by atoms with van der Waals surface area (Å²) < 4.78 is 37.9. The fourth-order valence-corrected chi connectivity index (χ4v) is 6.23. The molecule has 2 aromatic carbocycles. The zero-order valence-electron chi connectivity index (χ0n) is 13.4. The van der Waals surface area contributed by atoms with Gasteiger partial charge in [0.2, 0.25) is 0 Å². The summed E-state index contributed by atoms with van der Waals surface area (Å²) >= 11 is 1.45. The summed E-state index contributed by atoms with van der Waals surface area (Å²) in [4.78, 5) is 6.65. The van der Waals surface area contributed by atoms with Crippen LogP contribution in [0.4, 0.5) is 10.1 Å². The Balaban J connectivity index is 1.62. The summed E-state index contributed by atoms with van der Waals surface area (Å²) in [5.74, 6) is 0.425. The molecular weight excluding hydrogens is 359 g/mol. The third kappa shape index (κ3) is 3.30. The van der Waals surface area contributed by atoms with Gasteiger partial charge < -0.3 is 4.90 Å². The average molecular weight is 376 g/mol. The van der Waals surface area contributed by atoms with Crippen molar-refractivity contribution in [2.75, 3.05) is 16.4 Å². The number of anilines is 1. The van der Waals surface area contributed by atoms with Crippen molar-refractivity contribution < 1.29 is 12.8 Å². The fraction of sp³-hybridized carbons (Fsp3) is 0.278. The summed E-state index contributed by atoms with van der Waals surface area (Å²) in [7, 11) is -3.06. The molecule has 7 heteroatoms. The first-order valence-corrected chi connectivity index (χ1v) is 10.8. The molecule has 25 heavy (non-hydrogen) atoms. The second kappa shape index (κ2) is 6.46. The molecule has 0 aliphatic carbocycles. The highest BCUT2D eigenvalue weighted by atomic mass is 32.2. The number of fused-ring (bicyclic) bond motifs is 1. The first kappa shape index (κ1) is 16.6. The number of benzene rings is 2. The molecule has 0 bridgehead atoms. The molecule has 4 nitrogen and oxygen atoms in total. The van der Waals surface area contributed by atoms with Crippen LogP contribution in [0.3, 0.4) is 0 Å². The van der Waals surface area contributed by atoms with E-state index in [0.717, 1.165) is 10.9 Å². The summed E-state index contributed by atoms with van der Waals surface area (Å²) in [6, 6.07) is 15.9. The zero-order chi connectivity index (χ0) is 17.4. The van der Waals surface area contributed by atoms with Gasteiger partial charge in [0.25, 0.3) is 0 Å². The largest absolute Gasteiger partial charge is 0.315 e. The van der Waals surface area contributed by atoms with Crippen LogP contribution in [0.5, 0.6) is 0 Å². The maximum atomic E-state index is 13.9. The second-order valence-electron chi connectivity index (χ2n) is 6.21. The van der Waals surface area contributed by atoms with Crippen LogP contribution in [0.15, 0.2) is 59.6 Å². The Hall–Kier alpha value is -1.86. The van der Waals surface area contributed by atoms with Crippen molar-refractivity contribution in [3.05, 3.63) is 66.0 Å². The molecular formula is C18H17FN2O2S2. The third-order valence-electron chi connectivity index (χ3n) is 4.46. The Kier molecular flexibility index (Phi) is 4.29. The van der Waals surface area contributed by atoms with E-state index in [1.54, 1.807) is 12.1 Å². The first-order valence-electron chi connectivity index (χ1n) is 8.02. The lowest BCUT2D eigenvalue weighted by Crippen LogP contribution is -2.39. The van der Waals surface area contributed by atoms with Gasteiger partial charge >= 0.3 is 0 Å². The minimum Gasteiger partial charge on any atom is -0.315 e. The lowest BCUT2D eigenvalue weighted by atomic mass is 10.1. The van der Waals surface area contributed by atoms with Gasteiger partial charge in [-0.25, -0.2) is 12.8 Å². The summed E-state index contributed by atoms with van der Waals surface area (Å²) in [6.07, 6.45) is 0. The molecule has 2 heterocycles. The van der Waals surface area contributed by atoms with Gasteiger partial charge in [-0.1, -0.05) is 48.2 Å². The number of thioether (sulfide) groups is 1. The summed E-state index contributed by atoms with van der Waals surface area (Å²) in [6.45, 7) is 0. The van der Waals surface area contributed by atoms with Crippen LogP contribution in [0, 0.1) is 5.82 Å². The molecule has 2 aliphatic heterocycles. The quantitative estimate of drug-likeness (QED) is 0.826. The van der Waals surface area contributed by atoms with Gasteiger partial charge in [-0.15, -0.1) is 0 Å². The van der Waals surface area contributed by atoms with Crippen LogP contribution >= 0.6 is 11.8 Å². The van der Waals surface area contributed by atoms with Crippen molar-refractivity contribution in [1.82, 2.24) is 0 Å². The average Bonchev–Trinajstić information content (AvgIpc) is 3.06. The standard InChI is InChI=1S/C18H17FN2O2S2/c19-15-9-5-4-6-13(15)10-24-18-20-16-11-25(22,23)12-17(16)21(18)14-7-2-1-3-8-14/h1-9,16-17H,10-12H2. The Bertz CT molecular complexity index is 916. The highest BCUT2D eigenvalue weighted by molar-refractivity contribution is 8.13. The summed E-state index contributed by atoms with van der Waals surface area (Å²) in [5, 5.41) is 0.763. The molecule has 130 valence electrons. The smallest absolute Gasteiger partial charge is 0.164 e. The molecule has 0 N–H and O–H groups in total. The lowest BCUT2D eigenvalue weighted by Gasteiger charge is -2.26. The fourth-order valence-electron chi connectivity index (χ4n) is 3.28. The third-order valence-corrected chi connectivity index (χ3v) is 7.17. The zero-order valence-corrected chi connectivity index (χ0v) is 15.0. The molecule has 2 aromatic rings. The van der Waals surface area contributed by atoms with E-state index in [9.17, 15) is 12.8 Å². The molecule has 0 saturated carbocycles. The second-order valence-corrected chi connectivity index (χ2v) is 9.31. The number of aliphatic imine (C=N–C) groups is 1. The number of halogens is 1. The Morgan fingerprint density at radius 2 is 1.80 bits per heavy atom. The SMILES string of the molecule is O=S1(=O)CC2N=C(SCc3ccccc3F)N(c3ccccc3)C2C1. The lowest BCUT2D eigenvalue weighted by molar-refractivity contribution is 0.601. The highest BCUT2D eigenvalue weighted by Gasteiger charge is 2.47. The molecule has 1 saturated heterocycles. The number of rotatable bonds is 3. The number of sulfone groups is 1. The van der Waals surface area contributed by atoms with Crippen LogP contribution in [-0.2, 0) is 15.6 Å². The Labute approximate surface area is 150 Å². The van der Waals surface area contributed by atoms with Gasteiger partial charge in [-0.05, 0) is 23.8 Å². The van der Waals surface area contributed by atoms with Gasteiger partial charge in [-0.3, -0.25) is 4.99 Å². The molecule has 2 aliphatic rings. The molecule has 1 fully saturated rings. The monoisotopic (exact) mass is 376 g/mol. The number of hydrogen-bond acceptors (Lipinski definition) is 5. The van der Waals surface area contributed by atoms with Crippen LogP contribution in [-0.4, -0.2) is 37.2 Å². The van der Waals surface area contributed by atoms with Gasteiger partial charge in [0.1, 0.15) is 5.82 Å². The van der Waals surface area contributed by atoms with Crippen molar-refractivity contribution in [3.8, 4) is 0 Å². The molecule has 2 unspecified atom stereocenters. The van der Waals surface area contributed by atoms with E-state index in [4.69, 9.17) is 0 Å². The highest BCUT2D eigenvalue weighted by Crippen LogP contribution is 2.35. The normalized spacial score (nSPS) is 24.2. The maximum Gasteiger partial charge on any atom is 0.164 e. The van der Waals surface area contributed by atoms with Gasteiger partial charge in [0.15, 0.2) is 15.0 Å². The van der Waals surface area contributed by atoms with E-state index >= 15 is 0 Å². The Morgan fingerprint density at radius 3 is 2.56 bits per heavy atom. The molecule has 2 atom stereocenters. The van der Waals surface area contributed by atoms with Crippen LogP contribution in [0.1, 0.15) is 5.56 Å². The van der Waals surface area contributed by atoms with E-state index in [0.29, 0.717) is 11.3 Å². The predicted octanol–water partition coefficient (Wildman–Crippen LogP) is 3.10.